The first-order valence-electron chi connectivity index (χ1n) is 11.9. The fraction of sp³-hybridized carbons (Fsp3) is 0.296. The van der Waals surface area contributed by atoms with Crippen molar-refractivity contribution in [2.75, 3.05) is 23.3 Å². The van der Waals surface area contributed by atoms with Gasteiger partial charge in [-0.25, -0.2) is 9.97 Å². The molecule has 1 fully saturated rings. The average Bonchev–Trinajstić information content (AvgIpc) is 3.37. The van der Waals surface area contributed by atoms with Crippen LogP contribution < -0.4 is 10.2 Å². The molecule has 3 heterocycles. The second-order valence-corrected chi connectivity index (χ2v) is 8.89. The number of amides is 1. The van der Waals surface area contributed by atoms with Gasteiger partial charge in [0.05, 0.1) is 11.9 Å². The Bertz CT molecular complexity index is 1270. The van der Waals surface area contributed by atoms with Crippen molar-refractivity contribution in [1.82, 2.24) is 9.97 Å². The molecule has 0 saturated carbocycles. The highest BCUT2D eigenvalue weighted by molar-refractivity contribution is 6.04. The fourth-order valence-electron chi connectivity index (χ4n) is 4.65. The zero-order valence-electron chi connectivity index (χ0n) is 19.5. The van der Waals surface area contributed by atoms with Gasteiger partial charge in [0.1, 0.15) is 5.82 Å². The van der Waals surface area contributed by atoms with Crippen LogP contribution in [0.15, 0.2) is 76.9 Å². The Labute approximate surface area is 206 Å². The third kappa shape index (κ3) is 5.19. The summed E-state index contributed by atoms with van der Waals surface area (Å²) < 4.78 is 45.6. The van der Waals surface area contributed by atoms with Crippen LogP contribution in [0, 0.1) is 5.92 Å². The molecule has 6 nitrogen and oxygen atoms in total. The Balaban J connectivity index is 1.26. The van der Waals surface area contributed by atoms with Crippen molar-refractivity contribution in [2.24, 2.45) is 5.92 Å². The summed E-state index contributed by atoms with van der Waals surface area (Å²) in [6, 6.07) is 11.5. The number of allylic oxidation sites excluding steroid dienone is 4. The molecule has 1 saturated heterocycles. The Morgan fingerprint density at radius 1 is 1.08 bits per heavy atom. The normalized spacial score (nSPS) is 16.6. The number of piperidine rings is 1. The minimum atomic E-state index is -4.87. The van der Waals surface area contributed by atoms with E-state index in [2.05, 4.69) is 38.4 Å². The Morgan fingerprint density at radius 2 is 1.86 bits per heavy atom. The van der Waals surface area contributed by atoms with Crippen molar-refractivity contribution in [2.45, 2.75) is 31.9 Å². The second-order valence-electron chi connectivity index (χ2n) is 8.89. The molecule has 0 radical (unpaired) electrons. The molecule has 2 aromatic heterocycles. The summed E-state index contributed by atoms with van der Waals surface area (Å²) in [5.41, 5.74) is 1.31. The maximum Gasteiger partial charge on any atom is 0.452 e. The van der Waals surface area contributed by atoms with Gasteiger partial charge in [-0.15, -0.1) is 0 Å². The number of hydrogen-bond donors (Lipinski definition) is 1. The van der Waals surface area contributed by atoms with E-state index in [0.29, 0.717) is 11.5 Å². The lowest BCUT2D eigenvalue weighted by atomic mass is 9.85. The number of benzene rings is 1. The quantitative estimate of drug-likeness (QED) is 0.438. The zero-order chi connectivity index (χ0) is 25.1. The maximum absolute atomic E-state index is 13.5. The van der Waals surface area contributed by atoms with Crippen LogP contribution in [-0.4, -0.2) is 29.0 Å². The Morgan fingerprint density at radius 3 is 2.50 bits per heavy atom. The topological polar surface area (TPSA) is 71.3 Å². The first-order chi connectivity index (χ1) is 17.4. The summed E-state index contributed by atoms with van der Waals surface area (Å²) >= 11 is 0. The van der Waals surface area contributed by atoms with Crippen molar-refractivity contribution in [3.8, 4) is 11.5 Å². The van der Waals surface area contributed by atoms with Gasteiger partial charge in [-0.1, -0.05) is 42.0 Å². The molecule has 0 unspecified atom stereocenters. The van der Waals surface area contributed by atoms with Gasteiger partial charge in [0.25, 0.3) is 5.91 Å². The number of carbonyl (C=O) groups excluding carboxylic acids is 1. The van der Waals surface area contributed by atoms with E-state index in [4.69, 9.17) is 4.42 Å². The number of carbonyl (C=O) groups is 1. The monoisotopic (exact) mass is 494 g/mol. The maximum atomic E-state index is 13.5. The summed E-state index contributed by atoms with van der Waals surface area (Å²) in [7, 11) is 0. The molecule has 0 atom stereocenters. The fourth-order valence-corrected chi connectivity index (χ4v) is 4.65. The van der Waals surface area contributed by atoms with Gasteiger partial charge in [0.15, 0.2) is 5.69 Å². The van der Waals surface area contributed by atoms with E-state index in [1.807, 2.05) is 0 Å². The third-order valence-corrected chi connectivity index (χ3v) is 6.52. The molecule has 36 heavy (non-hydrogen) atoms. The van der Waals surface area contributed by atoms with E-state index in [-0.39, 0.29) is 11.6 Å². The number of rotatable bonds is 5. The SMILES string of the molecule is O=C(Nc1ccc(N2CCC(C3=CC=CCC3)CC2)nc1)c1nc(-c2ccccc2)oc1C(F)(F)F. The van der Waals surface area contributed by atoms with Crippen LogP contribution >= 0.6 is 0 Å². The van der Waals surface area contributed by atoms with Crippen molar-refractivity contribution in [3.63, 3.8) is 0 Å². The van der Waals surface area contributed by atoms with Crippen LogP contribution in [-0.2, 0) is 6.18 Å². The molecule has 2 aliphatic rings. The lowest BCUT2D eigenvalue weighted by Gasteiger charge is -2.34. The van der Waals surface area contributed by atoms with E-state index in [0.717, 1.165) is 44.6 Å². The molecular formula is C27H25F3N4O2. The van der Waals surface area contributed by atoms with E-state index in [9.17, 15) is 18.0 Å². The predicted octanol–water partition coefficient (Wildman–Crippen LogP) is 6.50. The number of nitrogens with zero attached hydrogens (tertiary/aromatic N) is 3. The lowest BCUT2D eigenvalue weighted by molar-refractivity contribution is -0.153. The van der Waals surface area contributed by atoms with Crippen LogP contribution in [0.5, 0.6) is 0 Å². The summed E-state index contributed by atoms with van der Waals surface area (Å²) in [6.07, 6.45) is 7.48. The molecule has 186 valence electrons. The summed E-state index contributed by atoms with van der Waals surface area (Å²) in [5.74, 6) is -1.36. The number of oxazole rings is 1. The number of anilines is 2. The number of alkyl halides is 3. The molecular weight excluding hydrogens is 469 g/mol. The molecule has 3 aromatic rings. The van der Waals surface area contributed by atoms with Gasteiger partial charge in [0, 0.05) is 18.7 Å². The van der Waals surface area contributed by atoms with Crippen molar-refractivity contribution in [1.29, 1.82) is 0 Å². The Hall–Kier alpha value is -3.88. The highest BCUT2D eigenvalue weighted by Gasteiger charge is 2.42. The molecule has 9 heteroatoms. The lowest BCUT2D eigenvalue weighted by Crippen LogP contribution is -2.34. The van der Waals surface area contributed by atoms with Crippen molar-refractivity contribution < 1.29 is 22.4 Å². The molecule has 0 bridgehead atoms. The van der Waals surface area contributed by atoms with E-state index < -0.39 is 23.5 Å². The summed E-state index contributed by atoms with van der Waals surface area (Å²) in [6.45, 7) is 1.75. The van der Waals surface area contributed by atoms with E-state index in [1.165, 1.54) is 11.8 Å². The minimum absolute atomic E-state index is 0.273. The molecule has 1 aliphatic heterocycles. The summed E-state index contributed by atoms with van der Waals surface area (Å²) in [4.78, 5) is 23.2. The highest BCUT2D eigenvalue weighted by atomic mass is 19.4. The number of nitrogens with one attached hydrogen (secondary N) is 1. The third-order valence-electron chi connectivity index (χ3n) is 6.52. The van der Waals surface area contributed by atoms with Gasteiger partial charge in [0.2, 0.25) is 11.7 Å². The van der Waals surface area contributed by atoms with Crippen LogP contribution in [0.4, 0.5) is 24.7 Å². The van der Waals surface area contributed by atoms with Gasteiger partial charge in [-0.2, -0.15) is 13.2 Å². The van der Waals surface area contributed by atoms with Crippen LogP contribution in [0.2, 0.25) is 0 Å². The molecule has 1 aliphatic carbocycles. The summed E-state index contributed by atoms with van der Waals surface area (Å²) in [5, 5.41) is 2.46. The number of hydrogen-bond acceptors (Lipinski definition) is 5. The molecule has 1 aromatic carbocycles. The molecule has 1 N–H and O–H groups in total. The number of pyridine rings is 1. The van der Waals surface area contributed by atoms with Gasteiger partial charge >= 0.3 is 6.18 Å². The van der Waals surface area contributed by atoms with Crippen LogP contribution in [0.3, 0.4) is 0 Å². The molecule has 1 amide bonds. The predicted molar refractivity (Wildman–Crippen MR) is 131 cm³/mol. The zero-order valence-corrected chi connectivity index (χ0v) is 19.5. The van der Waals surface area contributed by atoms with E-state index in [1.54, 1.807) is 42.5 Å². The van der Waals surface area contributed by atoms with Crippen molar-refractivity contribution in [3.05, 3.63) is 83.9 Å². The average molecular weight is 495 g/mol. The van der Waals surface area contributed by atoms with E-state index >= 15 is 0 Å². The second kappa shape index (κ2) is 10.0. The molecule has 0 spiro atoms. The minimum Gasteiger partial charge on any atom is -0.431 e. The molecule has 5 rings (SSSR count). The van der Waals surface area contributed by atoms with Crippen LogP contribution in [0.25, 0.3) is 11.5 Å². The Kier molecular flexibility index (Phi) is 6.63. The smallest absolute Gasteiger partial charge is 0.431 e. The van der Waals surface area contributed by atoms with Crippen LogP contribution in [0.1, 0.15) is 41.9 Å². The van der Waals surface area contributed by atoms with Gasteiger partial charge in [-0.05, 0) is 55.9 Å². The van der Waals surface area contributed by atoms with Gasteiger partial charge < -0.3 is 14.6 Å². The number of halogens is 3. The first-order valence-corrected chi connectivity index (χ1v) is 11.9. The number of aromatic nitrogens is 2. The van der Waals surface area contributed by atoms with Crippen molar-refractivity contribution >= 4 is 17.4 Å². The largest absolute Gasteiger partial charge is 0.452 e. The van der Waals surface area contributed by atoms with Gasteiger partial charge in [-0.3, -0.25) is 4.79 Å². The first kappa shape index (κ1) is 23.8. The standard InChI is InChI=1S/C27H25F3N4O2/c28-27(29,30)24-23(33-26(36-24)20-9-5-2-6-10-20)25(35)32-21-11-12-22(31-17-21)34-15-13-19(14-16-34)18-7-3-1-4-8-18/h1-3,5-7,9-12,17,19H,4,8,13-16H2,(H,32,35). The highest BCUT2D eigenvalue weighted by Crippen LogP contribution is 2.36.